The lowest BCUT2D eigenvalue weighted by molar-refractivity contribution is 0.0698. The van der Waals surface area contributed by atoms with Crippen molar-refractivity contribution >= 4 is 37.0 Å². The lowest BCUT2D eigenvalue weighted by atomic mass is 10.1. The molecule has 0 bridgehead atoms. The molecule has 0 aliphatic heterocycles. The van der Waals surface area contributed by atoms with Crippen molar-refractivity contribution in [3.63, 3.8) is 0 Å². The van der Waals surface area contributed by atoms with Gasteiger partial charge in [0, 0.05) is 0 Å². The summed E-state index contributed by atoms with van der Waals surface area (Å²) in [5, 5.41) is 9.20. The molecule has 0 fully saturated rings. The molecular weight excluding hydrogens is 387 g/mol. The van der Waals surface area contributed by atoms with Gasteiger partial charge in [-0.05, 0) is 48.4 Å². The van der Waals surface area contributed by atoms with Crippen molar-refractivity contribution in [2.75, 3.05) is 7.11 Å². The minimum atomic E-state index is -4.64. The molecule has 1 heterocycles. The number of methoxy groups -OCH3 is 1. The first-order valence-electron chi connectivity index (χ1n) is 7.91. The van der Waals surface area contributed by atoms with Gasteiger partial charge in [-0.15, -0.1) is 0 Å². The molecule has 0 amide bonds. The highest BCUT2D eigenvalue weighted by Gasteiger charge is 2.11. The van der Waals surface area contributed by atoms with Gasteiger partial charge in [0.15, 0.2) is 0 Å². The smallest absolute Gasteiger partial charge is 0.466 e. The van der Waals surface area contributed by atoms with Gasteiger partial charge in [-0.1, -0.05) is 18.2 Å². The zero-order chi connectivity index (χ0) is 20.9. The fourth-order valence-corrected chi connectivity index (χ4v) is 2.48. The Morgan fingerprint density at radius 3 is 2.43 bits per heavy atom. The van der Waals surface area contributed by atoms with E-state index in [4.69, 9.17) is 24.0 Å². The van der Waals surface area contributed by atoms with E-state index < -0.39 is 13.8 Å². The maximum atomic E-state index is 11.2. The number of phosphoric acid groups is 1. The fourth-order valence-electron chi connectivity index (χ4n) is 2.48. The second-order valence-corrected chi connectivity index (χ2v) is 6.73. The van der Waals surface area contributed by atoms with E-state index in [1.165, 1.54) is 0 Å². The topological polar surface area (TPSA) is 153 Å². The van der Waals surface area contributed by atoms with Crippen LogP contribution in [0.2, 0.25) is 0 Å². The van der Waals surface area contributed by atoms with E-state index in [-0.39, 0.29) is 5.56 Å². The van der Waals surface area contributed by atoms with Crippen LogP contribution in [0, 0.1) is 6.92 Å². The number of aromatic carboxylic acids is 1. The largest absolute Gasteiger partial charge is 0.496 e. The normalized spacial score (nSPS) is 11.3. The number of aromatic amines is 1. The zero-order valence-corrected chi connectivity index (χ0v) is 15.9. The van der Waals surface area contributed by atoms with Crippen molar-refractivity contribution in [2.45, 2.75) is 6.92 Å². The Bertz CT molecular complexity index is 1060. The number of H-pyrrole nitrogens is 1. The van der Waals surface area contributed by atoms with E-state index in [1.54, 1.807) is 19.2 Å². The predicted molar refractivity (Wildman–Crippen MR) is 104 cm³/mol. The fraction of sp³-hybridized carbons (Fsp3) is 0.111. The number of fused-ring (bicyclic) bond motifs is 1. The van der Waals surface area contributed by atoms with Gasteiger partial charge < -0.3 is 29.5 Å². The highest BCUT2D eigenvalue weighted by atomic mass is 31.2. The van der Waals surface area contributed by atoms with Gasteiger partial charge in [0.05, 0.1) is 18.2 Å². The second kappa shape index (κ2) is 8.81. The summed E-state index contributed by atoms with van der Waals surface area (Å²) in [6, 6.07) is 10.9. The van der Waals surface area contributed by atoms with Gasteiger partial charge in [0.1, 0.15) is 17.1 Å². The molecule has 3 rings (SSSR count). The molecule has 148 valence electrons. The lowest BCUT2D eigenvalue weighted by Crippen LogP contribution is -1.96. The summed E-state index contributed by atoms with van der Waals surface area (Å²) >= 11 is 0. The third kappa shape index (κ3) is 6.04. The summed E-state index contributed by atoms with van der Waals surface area (Å²) in [4.78, 5) is 40.2. The van der Waals surface area contributed by atoms with E-state index in [0.717, 1.165) is 16.9 Å². The first-order chi connectivity index (χ1) is 13.1. The number of rotatable bonds is 4. The molecule has 1 aromatic heterocycles. The average molecular weight is 406 g/mol. The van der Waals surface area contributed by atoms with Crippen molar-refractivity contribution in [3.8, 4) is 5.75 Å². The molecule has 0 unspecified atom stereocenters. The quantitative estimate of drug-likeness (QED) is 0.415. The van der Waals surface area contributed by atoms with Crippen LogP contribution in [0.5, 0.6) is 5.75 Å². The summed E-state index contributed by atoms with van der Waals surface area (Å²) in [6.45, 7) is 1.98. The Morgan fingerprint density at radius 1 is 1.18 bits per heavy atom. The first-order valence-corrected chi connectivity index (χ1v) is 9.48. The van der Waals surface area contributed by atoms with E-state index in [9.17, 15) is 9.90 Å². The summed E-state index contributed by atoms with van der Waals surface area (Å²) in [7, 11) is -2.99. The number of carboxylic acids is 1. The molecule has 0 spiro atoms. The van der Waals surface area contributed by atoms with Gasteiger partial charge in [-0.25, -0.2) is 14.3 Å². The highest BCUT2D eigenvalue weighted by Crippen LogP contribution is 2.26. The number of para-hydroxylation sites is 1. The lowest BCUT2D eigenvalue weighted by Gasteiger charge is -2.04. The SMILES string of the molecule is COc1ccc(/C=C/c2nc3c(C(=O)O)cccc3[nH]2)cc1C.O=P(O)(O)O. The number of nitrogens with one attached hydrogen (secondary N) is 1. The van der Waals surface area contributed by atoms with Gasteiger partial charge in [-0.3, -0.25) is 0 Å². The number of ether oxygens (including phenoxy) is 1. The van der Waals surface area contributed by atoms with Crippen molar-refractivity contribution in [2.24, 2.45) is 0 Å². The molecular formula is C18H19N2O7P. The van der Waals surface area contributed by atoms with Crippen LogP contribution in [-0.4, -0.2) is 42.8 Å². The number of nitrogens with zero attached hydrogens (tertiary/aromatic N) is 1. The summed E-state index contributed by atoms with van der Waals surface area (Å²) in [5.41, 5.74) is 3.43. The Kier molecular flexibility index (Phi) is 6.71. The standard InChI is InChI=1S/C18H16N2O3.H3O4P/c1-11-10-12(6-8-15(11)23-2)7-9-16-19-14-5-3-4-13(18(21)22)17(14)20-16;1-5(2,3)4/h3-10H,1-2H3,(H,19,20)(H,21,22);(H3,1,2,3,4)/b9-7+;. The molecule has 0 atom stereocenters. The van der Waals surface area contributed by atoms with E-state index in [0.29, 0.717) is 16.9 Å². The van der Waals surface area contributed by atoms with Crippen LogP contribution in [0.4, 0.5) is 0 Å². The van der Waals surface area contributed by atoms with Gasteiger partial charge in [0.25, 0.3) is 0 Å². The summed E-state index contributed by atoms with van der Waals surface area (Å²) in [6.07, 6.45) is 3.75. The monoisotopic (exact) mass is 406 g/mol. The van der Waals surface area contributed by atoms with E-state index >= 15 is 0 Å². The van der Waals surface area contributed by atoms with Crippen molar-refractivity contribution in [3.05, 3.63) is 58.9 Å². The number of carboxylic acid groups (broad SMARTS) is 1. The Labute approximate surface area is 160 Å². The van der Waals surface area contributed by atoms with Crippen LogP contribution in [0.25, 0.3) is 23.2 Å². The number of imidazole rings is 1. The number of hydrogen-bond donors (Lipinski definition) is 5. The van der Waals surface area contributed by atoms with E-state index in [2.05, 4.69) is 9.97 Å². The molecule has 5 N–H and O–H groups in total. The van der Waals surface area contributed by atoms with Crippen molar-refractivity contribution in [1.82, 2.24) is 9.97 Å². The van der Waals surface area contributed by atoms with Crippen molar-refractivity contribution < 1.29 is 33.9 Å². The molecule has 3 aromatic rings. The molecule has 0 radical (unpaired) electrons. The number of carbonyl (C=O) groups is 1. The molecule has 9 nitrogen and oxygen atoms in total. The number of aromatic nitrogens is 2. The van der Waals surface area contributed by atoms with Crippen LogP contribution in [0.3, 0.4) is 0 Å². The third-order valence-corrected chi connectivity index (χ3v) is 3.61. The Morgan fingerprint density at radius 2 is 1.86 bits per heavy atom. The number of benzene rings is 2. The van der Waals surface area contributed by atoms with Crippen molar-refractivity contribution in [1.29, 1.82) is 0 Å². The van der Waals surface area contributed by atoms with Crippen LogP contribution in [0.15, 0.2) is 36.4 Å². The van der Waals surface area contributed by atoms with Crippen LogP contribution in [0.1, 0.15) is 27.3 Å². The number of aryl methyl sites for hydroxylation is 1. The van der Waals surface area contributed by atoms with Gasteiger partial charge >= 0.3 is 13.8 Å². The maximum Gasteiger partial charge on any atom is 0.466 e. The predicted octanol–water partition coefficient (Wildman–Crippen LogP) is 2.82. The van der Waals surface area contributed by atoms with Gasteiger partial charge in [-0.2, -0.15) is 0 Å². The summed E-state index contributed by atoms with van der Waals surface area (Å²) in [5.74, 6) is 0.475. The molecule has 0 saturated carbocycles. The average Bonchev–Trinajstić information content (AvgIpc) is 3.01. The van der Waals surface area contributed by atoms with Crippen LogP contribution < -0.4 is 4.74 Å². The van der Waals surface area contributed by atoms with E-state index in [1.807, 2.05) is 43.3 Å². The van der Waals surface area contributed by atoms with Gasteiger partial charge in [0.2, 0.25) is 0 Å². The molecule has 0 saturated heterocycles. The molecule has 10 heteroatoms. The molecule has 2 aromatic carbocycles. The molecule has 28 heavy (non-hydrogen) atoms. The number of hydrogen-bond acceptors (Lipinski definition) is 4. The Balaban J connectivity index is 0.000000500. The van der Waals surface area contributed by atoms with Crippen LogP contribution >= 0.6 is 7.82 Å². The second-order valence-electron chi connectivity index (χ2n) is 5.70. The third-order valence-electron chi connectivity index (χ3n) is 3.61. The minimum Gasteiger partial charge on any atom is -0.496 e. The molecule has 0 aliphatic carbocycles. The highest BCUT2D eigenvalue weighted by molar-refractivity contribution is 7.45. The van der Waals surface area contributed by atoms with Crippen LogP contribution in [-0.2, 0) is 4.57 Å². The Hall–Kier alpha value is -2.97. The minimum absolute atomic E-state index is 0.193. The first kappa shape index (κ1) is 21.3. The summed E-state index contributed by atoms with van der Waals surface area (Å²) < 4.78 is 14.1. The molecule has 0 aliphatic rings. The zero-order valence-electron chi connectivity index (χ0n) is 15.0. The maximum absolute atomic E-state index is 11.2.